The van der Waals surface area contributed by atoms with E-state index >= 15 is 0 Å². The Morgan fingerprint density at radius 1 is 1.47 bits per heavy atom. The lowest BCUT2D eigenvalue weighted by Crippen LogP contribution is -2.27. The summed E-state index contributed by atoms with van der Waals surface area (Å²) in [4.78, 5) is 15.8. The third kappa shape index (κ3) is 3.34. The minimum Gasteiger partial charge on any atom is -0.424 e. The number of nitrogens with zero attached hydrogens (tertiary/aromatic N) is 1. The number of oxazole rings is 1. The maximum Gasteiger partial charge on any atom is 0.292 e. The molecular weight excluding hydrogens is 242 g/mol. The molecule has 2 aromatic rings. The fraction of sp³-hybridized carbons (Fsp3) is 0.286. The predicted molar refractivity (Wildman–Crippen MR) is 73.5 cm³/mol. The maximum absolute atomic E-state index is 12.0. The van der Waals surface area contributed by atoms with Crippen LogP contribution in [0.4, 0.5) is 6.01 Å². The van der Waals surface area contributed by atoms with Crippen molar-refractivity contribution >= 4 is 11.9 Å². The highest BCUT2D eigenvalue weighted by molar-refractivity contribution is 5.95. The minimum atomic E-state index is -0.0944. The van der Waals surface area contributed by atoms with Crippen LogP contribution in [-0.2, 0) is 0 Å². The van der Waals surface area contributed by atoms with Gasteiger partial charge in [-0.25, -0.2) is 4.98 Å². The Bertz CT molecular complexity index is 576. The van der Waals surface area contributed by atoms with Crippen molar-refractivity contribution in [3.63, 3.8) is 0 Å². The molecule has 0 fully saturated rings. The number of nitrogens with one attached hydrogen (secondary N) is 1. The van der Waals surface area contributed by atoms with Crippen molar-refractivity contribution in [2.75, 3.05) is 12.3 Å². The third-order valence-corrected chi connectivity index (χ3v) is 2.60. The SMILES string of the molecule is CC(C)CNC(=O)c1cccc(-c2cnc(N)o2)c1. The molecule has 0 spiro atoms. The number of benzene rings is 1. The molecule has 5 nitrogen and oxygen atoms in total. The quantitative estimate of drug-likeness (QED) is 0.882. The van der Waals surface area contributed by atoms with Gasteiger partial charge in [-0.3, -0.25) is 4.79 Å². The summed E-state index contributed by atoms with van der Waals surface area (Å²) < 4.78 is 5.24. The largest absolute Gasteiger partial charge is 0.424 e. The van der Waals surface area contributed by atoms with Gasteiger partial charge in [-0.1, -0.05) is 26.0 Å². The zero-order valence-corrected chi connectivity index (χ0v) is 11.0. The van der Waals surface area contributed by atoms with Gasteiger partial charge in [-0.2, -0.15) is 0 Å². The van der Waals surface area contributed by atoms with E-state index in [1.165, 1.54) is 0 Å². The molecule has 1 aromatic heterocycles. The van der Waals surface area contributed by atoms with Crippen LogP contribution < -0.4 is 11.1 Å². The summed E-state index contributed by atoms with van der Waals surface area (Å²) in [7, 11) is 0. The number of rotatable bonds is 4. The van der Waals surface area contributed by atoms with Gasteiger partial charge in [0, 0.05) is 17.7 Å². The molecule has 1 heterocycles. The van der Waals surface area contributed by atoms with Gasteiger partial charge in [0.1, 0.15) is 0 Å². The third-order valence-electron chi connectivity index (χ3n) is 2.60. The van der Waals surface area contributed by atoms with Crippen LogP contribution in [0.25, 0.3) is 11.3 Å². The molecular formula is C14H17N3O2. The summed E-state index contributed by atoms with van der Waals surface area (Å²) in [6.45, 7) is 4.75. The van der Waals surface area contributed by atoms with Crippen molar-refractivity contribution in [2.24, 2.45) is 5.92 Å². The molecule has 19 heavy (non-hydrogen) atoms. The van der Waals surface area contributed by atoms with Gasteiger partial charge in [0.2, 0.25) is 0 Å². The van der Waals surface area contributed by atoms with E-state index in [0.717, 1.165) is 5.56 Å². The Kier molecular flexibility index (Phi) is 3.85. The molecule has 1 aromatic carbocycles. The second kappa shape index (κ2) is 5.56. The zero-order valence-electron chi connectivity index (χ0n) is 11.0. The number of aromatic nitrogens is 1. The summed E-state index contributed by atoms with van der Waals surface area (Å²) in [5.74, 6) is 0.875. The second-order valence-electron chi connectivity index (χ2n) is 4.75. The van der Waals surface area contributed by atoms with Crippen LogP contribution in [0.1, 0.15) is 24.2 Å². The molecule has 0 bridgehead atoms. The highest BCUT2D eigenvalue weighted by atomic mass is 16.4. The van der Waals surface area contributed by atoms with Gasteiger partial charge in [0.25, 0.3) is 11.9 Å². The van der Waals surface area contributed by atoms with E-state index in [2.05, 4.69) is 10.3 Å². The van der Waals surface area contributed by atoms with Gasteiger partial charge in [0.15, 0.2) is 5.76 Å². The van der Waals surface area contributed by atoms with Gasteiger partial charge in [-0.05, 0) is 18.1 Å². The van der Waals surface area contributed by atoms with E-state index in [1.54, 1.807) is 24.4 Å². The highest BCUT2D eigenvalue weighted by Gasteiger charge is 2.09. The van der Waals surface area contributed by atoms with Crippen LogP contribution in [0, 0.1) is 5.92 Å². The van der Waals surface area contributed by atoms with Crippen LogP contribution >= 0.6 is 0 Å². The minimum absolute atomic E-state index is 0.0944. The first-order chi connectivity index (χ1) is 9.06. The topological polar surface area (TPSA) is 81.2 Å². The van der Waals surface area contributed by atoms with Crippen molar-refractivity contribution in [3.8, 4) is 11.3 Å². The number of nitrogen functional groups attached to an aromatic ring is 1. The number of nitrogens with two attached hydrogens (primary N) is 1. The fourth-order valence-corrected chi connectivity index (χ4v) is 1.63. The van der Waals surface area contributed by atoms with Gasteiger partial charge >= 0.3 is 0 Å². The maximum atomic E-state index is 12.0. The Hall–Kier alpha value is -2.30. The van der Waals surface area contributed by atoms with Crippen LogP contribution in [0.3, 0.4) is 0 Å². The lowest BCUT2D eigenvalue weighted by molar-refractivity contribution is 0.0949. The summed E-state index contributed by atoms with van der Waals surface area (Å²) in [5.41, 5.74) is 6.81. The van der Waals surface area contributed by atoms with Crippen molar-refractivity contribution < 1.29 is 9.21 Å². The lowest BCUT2D eigenvalue weighted by Gasteiger charge is -2.08. The lowest BCUT2D eigenvalue weighted by atomic mass is 10.1. The van der Waals surface area contributed by atoms with E-state index in [9.17, 15) is 4.79 Å². The van der Waals surface area contributed by atoms with E-state index in [-0.39, 0.29) is 11.9 Å². The Morgan fingerprint density at radius 3 is 2.89 bits per heavy atom. The average Bonchev–Trinajstić information content (AvgIpc) is 2.83. The number of hydrogen-bond donors (Lipinski definition) is 2. The van der Waals surface area contributed by atoms with Crippen LogP contribution in [0.5, 0.6) is 0 Å². The fourth-order valence-electron chi connectivity index (χ4n) is 1.63. The molecule has 3 N–H and O–H groups in total. The van der Waals surface area contributed by atoms with Crippen molar-refractivity contribution in [2.45, 2.75) is 13.8 Å². The van der Waals surface area contributed by atoms with Crippen LogP contribution in [-0.4, -0.2) is 17.4 Å². The molecule has 0 unspecified atom stereocenters. The zero-order chi connectivity index (χ0) is 13.8. The van der Waals surface area contributed by atoms with Crippen molar-refractivity contribution in [3.05, 3.63) is 36.0 Å². The van der Waals surface area contributed by atoms with E-state index < -0.39 is 0 Å². The van der Waals surface area contributed by atoms with Crippen LogP contribution in [0.2, 0.25) is 0 Å². The highest BCUT2D eigenvalue weighted by Crippen LogP contribution is 2.22. The Labute approximate surface area is 111 Å². The van der Waals surface area contributed by atoms with Crippen molar-refractivity contribution in [1.82, 2.24) is 10.3 Å². The number of anilines is 1. The summed E-state index contributed by atoms with van der Waals surface area (Å²) in [6, 6.07) is 7.29. The van der Waals surface area contributed by atoms with Crippen molar-refractivity contribution in [1.29, 1.82) is 0 Å². The molecule has 5 heteroatoms. The Morgan fingerprint density at radius 2 is 2.26 bits per heavy atom. The molecule has 1 amide bonds. The molecule has 0 aliphatic carbocycles. The van der Waals surface area contributed by atoms with E-state index in [0.29, 0.717) is 23.8 Å². The van der Waals surface area contributed by atoms with Crippen LogP contribution in [0.15, 0.2) is 34.9 Å². The number of hydrogen-bond acceptors (Lipinski definition) is 4. The van der Waals surface area contributed by atoms with Gasteiger partial charge < -0.3 is 15.5 Å². The van der Waals surface area contributed by atoms with E-state index in [4.69, 9.17) is 10.2 Å². The van der Waals surface area contributed by atoms with Gasteiger partial charge in [-0.15, -0.1) is 0 Å². The molecule has 0 aliphatic heterocycles. The van der Waals surface area contributed by atoms with E-state index in [1.807, 2.05) is 19.9 Å². The monoisotopic (exact) mass is 259 g/mol. The normalized spacial score (nSPS) is 10.7. The summed E-state index contributed by atoms with van der Waals surface area (Å²) in [5, 5.41) is 2.87. The molecule has 0 radical (unpaired) electrons. The van der Waals surface area contributed by atoms with Gasteiger partial charge in [0.05, 0.1) is 6.20 Å². The smallest absolute Gasteiger partial charge is 0.292 e. The molecule has 0 aliphatic rings. The summed E-state index contributed by atoms with van der Waals surface area (Å²) in [6.07, 6.45) is 1.54. The first-order valence-corrected chi connectivity index (χ1v) is 6.16. The number of carbonyl (C=O) groups excluding carboxylic acids is 1. The number of amides is 1. The Balaban J connectivity index is 2.17. The molecule has 2 rings (SSSR count). The molecule has 100 valence electrons. The molecule has 0 saturated carbocycles. The molecule has 0 saturated heterocycles. The summed E-state index contributed by atoms with van der Waals surface area (Å²) >= 11 is 0. The molecule has 0 atom stereocenters. The standard InChI is InChI=1S/C14H17N3O2/c1-9(2)7-16-13(18)11-5-3-4-10(6-11)12-8-17-14(15)19-12/h3-6,8-9H,7H2,1-2H3,(H2,15,17)(H,16,18). The first kappa shape index (κ1) is 13.1. The second-order valence-corrected chi connectivity index (χ2v) is 4.75. The number of carbonyl (C=O) groups is 1. The average molecular weight is 259 g/mol. The predicted octanol–water partition coefficient (Wildman–Crippen LogP) is 2.31. The first-order valence-electron chi connectivity index (χ1n) is 6.16.